The van der Waals surface area contributed by atoms with Crippen molar-refractivity contribution in [2.45, 2.75) is 102 Å². The second kappa shape index (κ2) is 9.33. The first-order valence-corrected chi connectivity index (χ1v) is 20.4. The Morgan fingerprint density at radius 1 is 0.519 bits per heavy atom. The number of fused-ring (bicyclic) bond motifs is 12. The van der Waals surface area contributed by atoms with Crippen LogP contribution in [0.2, 0.25) is 0 Å². The van der Waals surface area contributed by atoms with Gasteiger partial charge in [0.05, 0.1) is 5.69 Å². The summed E-state index contributed by atoms with van der Waals surface area (Å²) < 4.78 is 0. The Morgan fingerprint density at radius 2 is 1.15 bits per heavy atom. The first-order chi connectivity index (χ1) is 25.0. The number of benzene rings is 5. The monoisotopic (exact) mass is 677 g/mol. The standard InChI is InChI=1S/C51H51N/c1-47(2)22-23-48(3,4)42-28-33(19-21-39(42)47)52(32-18-20-35-34-12-7-9-14-37(34)49(5,6)41(35)27-32)43-17-11-16-40-46(43)36-13-8-10-15-38(36)51(40)44-25-30-24-31-26-45(51)50(31,44)29-30/h7-21,27-28,30-31,44-45H,22-26,29H2,1-6H3. The molecule has 4 fully saturated rings. The average Bonchev–Trinajstić information content (AvgIpc) is 3.83. The van der Waals surface area contributed by atoms with Gasteiger partial charge in [-0.2, -0.15) is 0 Å². The molecule has 7 aliphatic rings. The van der Waals surface area contributed by atoms with Gasteiger partial charge >= 0.3 is 0 Å². The Balaban J connectivity index is 1.11. The highest BCUT2D eigenvalue weighted by molar-refractivity contribution is 5.97. The third-order valence-electron chi connectivity index (χ3n) is 16.8. The third kappa shape index (κ3) is 3.28. The van der Waals surface area contributed by atoms with E-state index in [1.165, 1.54) is 100 Å². The summed E-state index contributed by atoms with van der Waals surface area (Å²) in [5.74, 6) is 3.56. The molecule has 260 valence electrons. The van der Waals surface area contributed by atoms with E-state index in [1.54, 1.807) is 11.1 Å². The molecule has 4 saturated carbocycles. The van der Waals surface area contributed by atoms with Crippen molar-refractivity contribution in [1.29, 1.82) is 0 Å². The number of rotatable bonds is 3. The molecule has 0 aromatic heterocycles. The SMILES string of the molecule is CC1(C)CCC(C)(C)c2cc(N(c3ccc4c(c3)C(C)(C)c3ccccc3-4)c3cccc4c3-c3ccccc3C43C4CC5CC6CC3C64C5)ccc21. The van der Waals surface area contributed by atoms with Crippen LogP contribution in [0.15, 0.2) is 103 Å². The summed E-state index contributed by atoms with van der Waals surface area (Å²) in [4.78, 5) is 2.67. The van der Waals surface area contributed by atoms with Gasteiger partial charge < -0.3 is 4.90 Å². The van der Waals surface area contributed by atoms with Crippen molar-refractivity contribution in [3.05, 3.63) is 137 Å². The Bertz CT molecular complexity index is 2410. The molecule has 0 heterocycles. The van der Waals surface area contributed by atoms with Gasteiger partial charge in [-0.05, 0) is 159 Å². The van der Waals surface area contributed by atoms with E-state index in [2.05, 4.69) is 150 Å². The molecule has 0 amide bonds. The zero-order valence-electron chi connectivity index (χ0n) is 31.8. The normalized spacial score (nSPS) is 31.8. The maximum Gasteiger partial charge on any atom is 0.0543 e. The summed E-state index contributed by atoms with van der Waals surface area (Å²) in [7, 11) is 0. The lowest BCUT2D eigenvalue weighted by atomic mass is 9.27. The second-order valence-electron chi connectivity index (χ2n) is 20.0. The van der Waals surface area contributed by atoms with E-state index >= 15 is 0 Å². The molecule has 2 bridgehead atoms. The molecule has 6 atom stereocenters. The van der Waals surface area contributed by atoms with Crippen molar-refractivity contribution in [3.63, 3.8) is 0 Å². The van der Waals surface area contributed by atoms with Crippen molar-refractivity contribution in [3.8, 4) is 22.3 Å². The van der Waals surface area contributed by atoms with Gasteiger partial charge in [0.25, 0.3) is 0 Å². The molecule has 0 N–H and O–H groups in total. The first-order valence-electron chi connectivity index (χ1n) is 20.4. The molecular weight excluding hydrogens is 627 g/mol. The van der Waals surface area contributed by atoms with Gasteiger partial charge in [-0.15, -0.1) is 0 Å². The fourth-order valence-electron chi connectivity index (χ4n) is 14.5. The Hall–Kier alpha value is -4.10. The summed E-state index contributed by atoms with van der Waals surface area (Å²) in [6.07, 6.45) is 8.33. The van der Waals surface area contributed by atoms with Crippen molar-refractivity contribution in [2.24, 2.45) is 29.1 Å². The zero-order valence-corrected chi connectivity index (χ0v) is 31.8. The number of anilines is 3. The molecule has 5 aromatic carbocycles. The molecule has 0 radical (unpaired) electrons. The number of hydrogen-bond acceptors (Lipinski definition) is 1. The van der Waals surface area contributed by atoms with Gasteiger partial charge in [-0.1, -0.05) is 114 Å². The van der Waals surface area contributed by atoms with Crippen molar-refractivity contribution in [2.75, 3.05) is 4.90 Å². The van der Waals surface area contributed by atoms with Crippen LogP contribution in [-0.2, 0) is 21.7 Å². The average molecular weight is 678 g/mol. The van der Waals surface area contributed by atoms with Gasteiger partial charge in [0.15, 0.2) is 0 Å². The lowest BCUT2D eigenvalue weighted by Crippen LogP contribution is -2.73. The molecule has 5 aromatic rings. The molecule has 12 rings (SSSR count). The van der Waals surface area contributed by atoms with Crippen LogP contribution in [0, 0.1) is 29.1 Å². The van der Waals surface area contributed by atoms with Gasteiger partial charge in [0.1, 0.15) is 0 Å². The molecule has 7 aliphatic carbocycles. The van der Waals surface area contributed by atoms with Gasteiger partial charge in [-0.3, -0.25) is 0 Å². The van der Waals surface area contributed by atoms with Crippen LogP contribution in [0.5, 0.6) is 0 Å². The molecular formula is C51H51N. The molecule has 0 aliphatic heterocycles. The number of nitrogens with zero attached hydrogens (tertiary/aromatic N) is 1. The Morgan fingerprint density at radius 3 is 1.94 bits per heavy atom. The van der Waals surface area contributed by atoms with Crippen LogP contribution < -0.4 is 4.90 Å². The van der Waals surface area contributed by atoms with Crippen LogP contribution in [-0.4, -0.2) is 0 Å². The van der Waals surface area contributed by atoms with E-state index in [1.807, 2.05) is 0 Å². The van der Waals surface area contributed by atoms with Gasteiger partial charge in [0.2, 0.25) is 0 Å². The minimum Gasteiger partial charge on any atom is -0.310 e. The molecule has 1 nitrogen and oxygen atoms in total. The molecule has 52 heavy (non-hydrogen) atoms. The number of hydrogen-bond donors (Lipinski definition) is 0. The molecule has 2 spiro atoms. The van der Waals surface area contributed by atoms with E-state index in [4.69, 9.17) is 0 Å². The van der Waals surface area contributed by atoms with Crippen molar-refractivity contribution in [1.82, 2.24) is 0 Å². The van der Waals surface area contributed by atoms with Crippen LogP contribution >= 0.6 is 0 Å². The highest BCUT2D eigenvalue weighted by Crippen LogP contribution is 2.89. The Kier molecular flexibility index (Phi) is 5.45. The first kappa shape index (κ1) is 30.4. The van der Waals surface area contributed by atoms with Crippen LogP contribution in [0.25, 0.3) is 22.3 Å². The summed E-state index contributed by atoms with van der Waals surface area (Å²) in [5.41, 5.74) is 19.9. The van der Waals surface area contributed by atoms with E-state index in [0.717, 1.165) is 23.7 Å². The topological polar surface area (TPSA) is 3.24 Å². The predicted octanol–water partition coefficient (Wildman–Crippen LogP) is 13.1. The minimum atomic E-state index is -0.0619. The predicted molar refractivity (Wildman–Crippen MR) is 215 cm³/mol. The third-order valence-corrected chi connectivity index (χ3v) is 16.8. The fourth-order valence-corrected chi connectivity index (χ4v) is 14.5. The molecule has 6 unspecified atom stereocenters. The van der Waals surface area contributed by atoms with E-state index in [9.17, 15) is 0 Å². The maximum absolute atomic E-state index is 2.67. The smallest absolute Gasteiger partial charge is 0.0543 e. The van der Waals surface area contributed by atoms with E-state index in [0.29, 0.717) is 5.41 Å². The Labute approximate surface area is 310 Å². The summed E-state index contributed by atoms with van der Waals surface area (Å²) in [6.45, 7) is 14.7. The summed E-state index contributed by atoms with van der Waals surface area (Å²) >= 11 is 0. The zero-order chi connectivity index (χ0) is 35.2. The van der Waals surface area contributed by atoms with E-state index < -0.39 is 0 Å². The lowest BCUT2D eigenvalue weighted by Gasteiger charge is -2.76. The van der Waals surface area contributed by atoms with Crippen LogP contribution in [0.4, 0.5) is 17.1 Å². The largest absolute Gasteiger partial charge is 0.310 e. The van der Waals surface area contributed by atoms with Crippen molar-refractivity contribution >= 4 is 17.1 Å². The summed E-state index contributed by atoms with van der Waals surface area (Å²) in [5, 5.41) is 0. The molecule has 0 saturated heterocycles. The second-order valence-corrected chi connectivity index (χ2v) is 20.0. The minimum absolute atomic E-state index is 0.0619. The van der Waals surface area contributed by atoms with Crippen molar-refractivity contribution < 1.29 is 0 Å². The van der Waals surface area contributed by atoms with E-state index in [-0.39, 0.29) is 21.7 Å². The van der Waals surface area contributed by atoms with Crippen LogP contribution in [0.1, 0.15) is 113 Å². The molecule has 1 heteroatoms. The summed E-state index contributed by atoms with van der Waals surface area (Å²) in [6, 6.07) is 41.1. The lowest BCUT2D eigenvalue weighted by molar-refractivity contribution is -0.231. The maximum atomic E-state index is 2.67. The van der Waals surface area contributed by atoms with Gasteiger partial charge in [0, 0.05) is 27.8 Å². The highest BCUT2D eigenvalue weighted by Gasteiger charge is 2.84. The highest BCUT2D eigenvalue weighted by atomic mass is 15.1. The van der Waals surface area contributed by atoms with Gasteiger partial charge in [-0.25, -0.2) is 0 Å². The van der Waals surface area contributed by atoms with Crippen LogP contribution in [0.3, 0.4) is 0 Å². The fraction of sp³-hybridized carbons (Fsp3) is 0.412. The quantitative estimate of drug-likeness (QED) is 0.184.